The van der Waals surface area contributed by atoms with Gasteiger partial charge in [-0.1, -0.05) is 0 Å². The van der Waals surface area contributed by atoms with Crippen LogP contribution < -0.4 is 10.1 Å². The molecule has 1 amide bonds. The van der Waals surface area contributed by atoms with Crippen LogP contribution in [0, 0.1) is 18.7 Å². The Kier molecular flexibility index (Phi) is 7.52. The molecule has 7 nitrogen and oxygen atoms in total. The van der Waals surface area contributed by atoms with Crippen LogP contribution in [-0.4, -0.2) is 54.5 Å². The summed E-state index contributed by atoms with van der Waals surface area (Å²) in [5.74, 6) is -2.12. The van der Waals surface area contributed by atoms with Crippen molar-refractivity contribution in [1.29, 1.82) is 0 Å². The molecular formula is C25H26F4N4O3S. The zero-order valence-corrected chi connectivity index (χ0v) is 21.3. The first-order chi connectivity index (χ1) is 17.4. The molecule has 1 aliphatic carbocycles. The van der Waals surface area contributed by atoms with Gasteiger partial charge in [-0.25, -0.2) is 19.4 Å². The number of carbonyl (C=O) groups excluding carboxylic acids is 1. The minimum atomic E-state index is -4.76. The molecule has 2 aromatic rings. The van der Waals surface area contributed by atoms with Crippen molar-refractivity contribution in [1.82, 2.24) is 10.3 Å². The first-order valence-corrected chi connectivity index (χ1v) is 12.3. The van der Waals surface area contributed by atoms with Crippen LogP contribution in [0.15, 0.2) is 40.1 Å². The zero-order chi connectivity index (χ0) is 27.0. The van der Waals surface area contributed by atoms with Crippen LogP contribution in [0.2, 0.25) is 0 Å². The Hall–Kier alpha value is -3.12. The molecule has 1 atom stereocenters. The lowest BCUT2D eigenvalue weighted by molar-refractivity contribution is -0.0596. The summed E-state index contributed by atoms with van der Waals surface area (Å²) < 4.78 is 65.8. The van der Waals surface area contributed by atoms with E-state index >= 15 is 4.39 Å². The fourth-order valence-electron chi connectivity index (χ4n) is 4.25. The summed E-state index contributed by atoms with van der Waals surface area (Å²) in [6.45, 7) is 8.71. The SMILES string of the molecule is C=N/C(=N\C=C(/C)[C@@H](C)NC(=O)c1cc(OCC23CC(CO2)C3)cc(-c2ncc(C)s2)c1F)C(F)(F)F. The number of fused-ring (bicyclic) bond motifs is 1. The van der Waals surface area contributed by atoms with Gasteiger partial charge in [0.15, 0.2) is 0 Å². The van der Waals surface area contributed by atoms with Gasteiger partial charge in [0.1, 0.15) is 28.8 Å². The zero-order valence-electron chi connectivity index (χ0n) is 20.5. The Balaban J connectivity index is 1.57. The van der Waals surface area contributed by atoms with Crippen molar-refractivity contribution < 1.29 is 31.8 Å². The third-order valence-corrected chi connectivity index (χ3v) is 7.36. The maximum absolute atomic E-state index is 15.5. The van der Waals surface area contributed by atoms with Gasteiger partial charge < -0.3 is 14.8 Å². The second kappa shape index (κ2) is 10.3. The summed E-state index contributed by atoms with van der Waals surface area (Å²) in [6.07, 6.45) is -0.402. The quantitative estimate of drug-likeness (QED) is 0.273. The molecule has 12 heteroatoms. The van der Waals surface area contributed by atoms with Crippen LogP contribution in [0.5, 0.6) is 5.75 Å². The van der Waals surface area contributed by atoms with E-state index in [1.54, 1.807) is 13.1 Å². The average Bonchev–Trinajstić information content (AvgIpc) is 3.53. The molecule has 1 N–H and O–H groups in total. The summed E-state index contributed by atoms with van der Waals surface area (Å²) >= 11 is 1.27. The van der Waals surface area contributed by atoms with Gasteiger partial charge in [0, 0.05) is 23.3 Å². The van der Waals surface area contributed by atoms with Crippen molar-refractivity contribution in [2.24, 2.45) is 15.9 Å². The van der Waals surface area contributed by atoms with E-state index in [4.69, 9.17) is 9.47 Å². The molecule has 0 spiro atoms. The summed E-state index contributed by atoms with van der Waals surface area (Å²) in [6, 6.07) is 2.06. The van der Waals surface area contributed by atoms with Crippen LogP contribution in [0.25, 0.3) is 10.6 Å². The van der Waals surface area contributed by atoms with E-state index in [-0.39, 0.29) is 23.3 Å². The maximum atomic E-state index is 15.5. The molecule has 1 aromatic carbocycles. The van der Waals surface area contributed by atoms with E-state index in [9.17, 15) is 18.0 Å². The van der Waals surface area contributed by atoms with E-state index in [0.717, 1.165) is 23.9 Å². The average molecular weight is 539 g/mol. The summed E-state index contributed by atoms with van der Waals surface area (Å²) in [5.41, 5.74) is -0.206. The highest BCUT2D eigenvalue weighted by Gasteiger charge is 2.52. The van der Waals surface area contributed by atoms with Gasteiger partial charge >= 0.3 is 6.18 Å². The lowest BCUT2D eigenvalue weighted by atomic mass is 9.75. The largest absolute Gasteiger partial charge is 0.491 e. The number of amidine groups is 1. The highest BCUT2D eigenvalue weighted by Crippen LogP contribution is 2.48. The molecule has 5 rings (SSSR count). The number of alkyl halides is 3. The lowest BCUT2D eigenvalue weighted by Crippen LogP contribution is -2.42. The molecule has 198 valence electrons. The highest BCUT2D eigenvalue weighted by atomic mass is 32.1. The van der Waals surface area contributed by atoms with Crippen LogP contribution >= 0.6 is 11.3 Å². The topological polar surface area (TPSA) is 85.2 Å². The van der Waals surface area contributed by atoms with Crippen molar-refractivity contribution in [3.63, 3.8) is 0 Å². The van der Waals surface area contributed by atoms with Gasteiger partial charge in [-0.05, 0) is 64.0 Å². The van der Waals surface area contributed by atoms with E-state index in [1.807, 2.05) is 6.92 Å². The lowest BCUT2D eigenvalue weighted by Gasteiger charge is -2.35. The first-order valence-electron chi connectivity index (χ1n) is 11.5. The molecule has 3 heterocycles. The molecular weight excluding hydrogens is 512 g/mol. The number of nitrogens with zero attached hydrogens (tertiary/aromatic N) is 3. The molecule has 3 fully saturated rings. The Morgan fingerprint density at radius 1 is 1.43 bits per heavy atom. The minimum Gasteiger partial charge on any atom is -0.491 e. The number of carbonyl (C=O) groups is 1. The predicted molar refractivity (Wildman–Crippen MR) is 133 cm³/mol. The number of aliphatic imine (C=N–C) groups is 2. The maximum Gasteiger partial charge on any atom is 0.451 e. The minimum absolute atomic E-state index is 0.119. The number of hydrogen-bond acceptors (Lipinski definition) is 6. The molecule has 3 aliphatic rings. The van der Waals surface area contributed by atoms with Crippen molar-refractivity contribution in [2.45, 2.75) is 51.4 Å². The van der Waals surface area contributed by atoms with Gasteiger partial charge in [0.2, 0.25) is 5.84 Å². The van der Waals surface area contributed by atoms with Crippen LogP contribution in [-0.2, 0) is 4.74 Å². The summed E-state index contributed by atoms with van der Waals surface area (Å²) in [7, 11) is 0. The molecule has 37 heavy (non-hydrogen) atoms. The second-order valence-electron chi connectivity index (χ2n) is 9.34. The normalized spacial score (nSPS) is 22.4. The molecule has 0 radical (unpaired) electrons. The number of halogens is 4. The molecule has 2 aliphatic heterocycles. The Morgan fingerprint density at radius 2 is 2.16 bits per heavy atom. The number of aromatic nitrogens is 1. The summed E-state index contributed by atoms with van der Waals surface area (Å²) in [4.78, 5) is 24.4. The van der Waals surface area contributed by atoms with Crippen molar-refractivity contribution in [2.75, 3.05) is 13.2 Å². The van der Waals surface area contributed by atoms with Gasteiger partial charge in [0.25, 0.3) is 5.91 Å². The van der Waals surface area contributed by atoms with E-state index in [2.05, 4.69) is 27.0 Å². The Morgan fingerprint density at radius 3 is 2.73 bits per heavy atom. The fourth-order valence-corrected chi connectivity index (χ4v) is 5.02. The molecule has 1 saturated carbocycles. The number of amides is 1. The Labute approximate surface area is 215 Å². The van der Waals surface area contributed by atoms with E-state index < -0.39 is 29.8 Å². The van der Waals surface area contributed by atoms with Gasteiger partial charge in [-0.2, -0.15) is 13.2 Å². The van der Waals surface area contributed by atoms with Gasteiger partial charge in [0.05, 0.1) is 17.7 Å². The number of rotatable bonds is 8. The fraction of sp³-hybridized carbons (Fsp3) is 0.440. The molecule has 0 unspecified atom stereocenters. The monoisotopic (exact) mass is 538 g/mol. The van der Waals surface area contributed by atoms with Gasteiger partial charge in [-0.3, -0.25) is 4.79 Å². The first kappa shape index (κ1) is 26.9. The van der Waals surface area contributed by atoms with Crippen molar-refractivity contribution in [3.05, 3.63) is 46.4 Å². The number of hydrogen-bond donors (Lipinski definition) is 1. The highest BCUT2D eigenvalue weighted by molar-refractivity contribution is 7.14. The molecule has 2 bridgehead atoms. The summed E-state index contributed by atoms with van der Waals surface area (Å²) in [5, 5.41) is 2.99. The van der Waals surface area contributed by atoms with Crippen molar-refractivity contribution in [3.8, 4) is 16.3 Å². The molecule has 2 saturated heterocycles. The third kappa shape index (κ3) is 5.90. The van der Waals surface area contributed by atoms with Crippen molar-refractivity contribution >= 4 is 29.8 Å². The number of nitrogens with one attached hydrogen (secondary N) is 1. The second-order valence-corrected chi connectivity index (χ2v) is 10.6. The predicted octanol–water partition coefficient (Wildman–Crippen LogP) is 5.50. The Bertz CT molecular complexity index is 1260. The van der Waals surface area contributed by atoms with E-state index in [0.29, 0.717) is 28.9 Å². The van der Waals surface area contributed by atoms with E-state index in [1.165, 1.54) is 30.4 Å². The van der Waals surface area contributed by atoms with Crippen LogP contribution in [0.3, 0.4) is 0 Å². The third-order valence-electron chi connectivity index (χ3n) is 6.42. The number of ether oxygens (including phenoxy) is 2. The smallest absolute Gasteiger partial charge is 0.451 e. The number of thiazole rings is 1. The number of benzene rings is 1. The van der Waals surface area contributed by atoms with Crippen LogP contribution in [0.4, 0.5) is 17.6 Å². The van der Waals surface area contributed by atoms with Gasteiger partial charge in [-0.15, -0.1) is 11.3 Å². The molecule has 1 aromatic heterocycles. The van der Waals surface area contributed by atoms with Crippen LogP contribution in [0.1, 0.15) is 41.9 Å². The standard InChI is InChI=1S/C25H26F4N4O3S/c1-13(9-32-23(30-4)25(27,28)29)15(3)33-21(34)18-5-17(35-12-24-7-16(8-24)11-36-24)6-19(20(18)26)22-31-10-14(2)37-22/h5-6,9-10,15-16H,4,7-8,11-12H2,1-3H3,(H,33,34)/b13-9+,32-23-/t15-,16?,24?/m1/s1. The number of aryl methyl sites for hydroxylation is 1.